The Morgan fingerprint density at radius 3 is 2.47 bits per heavy atom. The largest absolute Gasteiger partial charge is 0.396 e. The van der Waals surface area contributed by atoms with Crippen molar-refractivity contribution in [3.05, 3.63) is 79.2 Å². The molecule has 9 nitrogen and oxygen atoms in total. The SMILES string of the molecule is C=CC(=O)N1CCN(c2c(C#N)c(=O)n(C3=C(C)C=CN[C@@H]3C(C)C)c3nc(-c4c(F)c(F)c(Cl)c(N)c4Cl)c(Cl)cc23)CC1. The minimum atomic E-state index is -1.43. The molecular formula is C31H28Cl3F2N7O2. The first-order valence-electron chi connectivity index (χ1n) is 13.9. The summed E-state index contributed by atoms with van der Waals surface area (Å²) in [5.41, 5.74) is 5.36. The molecule has 0 aliphatic carbocycles. The fourth-order valence-electron chi connectivity index (χ4n) is 5.75. The molecule has 0 radical (unpaired) electrons. The van der Waals surface area contributed by atoms with E-state index in [0.717, 1.165) is 0 Å². The second kappa shape index (κ2) is 12.4. The van der Waals surface area contributed by atoms with Gasteiger partial charge in [-0.25, -0.2) is 13.8 Å². The van der Waals surface area contributed by atoms with Gasteiger partial charge in [0, 0.05) is 31.6 Å². The van der Waals surface area contributed by atoms with Crippen molar-refractivity contribution in [3.63, 3.8) is 0 Å². The Labute approximate surface area is 272 Å². The summed E-state index contributed by atoms with van der Waals surface area (Å²) in [6.45, 7) is 10.5. The summed E-state index contributed by atoms with van der Waals surface area (Å²) in [5.74, 6) is -3.11. The van der Waals surface area contributed by atoms with E-state index in [4.69, 9.17) is 40.5 Å². The number of anilines is 2. The number of nitrogens with zero attached hydrogens (tertiary/aromatic N) is 5. The Hall–Kier alpha value is -4.11. The Balaban J connectivity index is 1.90. The fourth-order valence-corrected chi connectivity index (χ4v) is 6.48. The lowest BCUT2D eigenvalue weighted by molar-refractivity contribution is -0.126. The standard InChI is InChI=1S/C31H28Cl3F2N7O2/c1-5-19(44)41-8-10-42(11-9-41)29-16-12-18(32)27(20-21(33)25(38)22(34)24(36)23(20)35)40-30(16)43(31(45)17(29)13-37)28-15(4)6-7-39-26(28)14(2)3/h5-7,12,14,26,39H,1,8-11,38H2,2-4H3/t26-/m1/s1. The number of pyridine rings is 2. The zero-order chi connectivity index (χ0) is 32.9. The van der Waals surface area contributed by atoms with Crippen LogP contribution in [0.4, 0.5) is 20.2 Å². The molecule has 1 fully saturated rings. The van der Waals surface area contributed by atoms with Crippen molar-refractivity contribution in [2.45, 2.75) is 26.8 Å². The van der Waals surface area contributed by atoms with Gasteiger partial charge in [0.25, 0.3) is 5.56 Å². The van der Waals surface area contributed by atoms with Gasteiger partial charge in [0.2, 0.25) is 5.91 Å². The van der Waals surface area contributed by atoms with Crippen molar-refractivity contribution in [1.29, 1.82) is 5.26 Å². The number of hydrogen-bond donors (Lipinski definition) is 2. The van der Waals surface area contributed by atoms with E-state index in [-0.39, 0.29) is 58.6 Å². The van der Waals surface area contributed by atoms with Crippen LogP contribution in [-0.4, -0.2) is 52.6 Å². The molecule has 2 aliphatic heterocycles. The first-order chi connectivity index (χ1) is 21.3. The molecule has 0 spiro atoms. The second-order valence-corrected chi connectivity index (χ2v) is 12.2. The fraction of sp³-hybridized carbons (Fsp3) is 0.290. The molecule has 0 unspecified atom stereocenters. The van der Waals surface area contributed by atoms with Gasteiger partial charge in [-0.3, -0.25) is 14.2 Å². The van der Waals surface area contributed by atoms with Crippen LogP contribution in [0, 0.1) is 28.9 Å². The molecular weight excluding hydrogens is 647 g/mol. The van der Waals surface area contributed by atoms with Gasteiger partial charge in [-0.2, -0.15) is 5.26 Å². The van der Waals surface area contributed by atoms with E-state index >= 15 is 4.39 Å². The molecule has 1 amide bonds. The van der Waals surface area contributed by atoms with E-state index in [1.807, 2.05) is 25.7 Å². The predicted octanol–water partition coefficient (Wildman–Crippen LogP) is 5.96. The normalized spacial score (nSPS) is 16.8. The molecule has 2 aliphatic rings. The van der Waals surface area contributed by atoms with Gasteiger partial charge >= 0.3 is 0 Å². The van der Waals surface area contributed by atoms with Crippen LogP contribution in [-0.2, 0) is 4.79 Å². The molecule has 14 heteroatoms. The number of carbonyl (C=O) groups is 1. The van der Waals surface area contributed by atoms with Crippen LogP contribution in [0.3, 0.4) is 0 Å². The molecule has 3 N–H and O–H groups in total. The number of fused-ring (bicyclic) bond motifs is 1. The van der Waals surface area contributed by atoms with E-state index in [2.05, 4.69) is 22.9 Å². The van der Waals surface area contributed by atoms with Crippen LogP contribution < -0.4 is 21.5 Å². The van der Waals surface area contributed by atoms with Crippen LogP contribution in [0.1, 0.15) is 26.3 Å². The van der Waals surface area contributed by atoms with Crippen molar-refractivity contribution < 1.29 is 13.6 Å². The van der Waals surface area contributed by atoms with Crippen LogP contribution in [0.5, 0.6) is 0 Å². The quantitative estimate of drug-likeness (QED) is 0.148. The molecule has 3 aromatic rings. The summed E-state index contributed by atoms with van der Waals surface area (Å²) in [7, 11) is 0. The number of benzene rings is 1. The summed E-state index contributed by atoms with van der Waals surface area (Å²) in [6, 6.07) is 3.14. The minimum absolute atomic E-state index is 0.0219. The van der Waals surface area contributed by atoms with E-state index in [1.165, 1.54) is 16.7 Å². The van der Waals surface area contributed by atoms with Gasteiger partial charge in [0.15, 0.2) is 11.6 Å². The number of nitrogens with one attached hydrogen (secondary N) is 1. The lowest BCUT2D eigenvalue weighted by Crippen LogP contribution is -2.49. The molecule has 1 atom stereocenters. The molecule has 4 heterocycles. The van der Waals surface area contributed by atoms with E-state index in [0.29, 0.717) is 29.7 Å². The highest BCUT2D eigenvalue weighted by molar-refractivity contribution is 6.41. The van der Waals surface area contributed by atoms with Gasteiger partial charge < -0.3 is 20.9 Å². The summed E-state index contributed by atoms with van der Waals surface area (Å²) in [6.07, 6.45) is 4.78. The molecule has 1 aromatic carbocycles. The highest BCUT2D eigenvalue weighted by Gasteiger charge is 2.33. The lowest BCUT2D eigenvalue weighted by Gasteiger charge is -2.37. The summed E-state index contributed by atoms with van der Waals surface area (Å²) in [4.78, 5) is 34.7. The number of dihydropyridines is 1. The number of amides is 1. The van der Waals surface area contributed by atoms with Crippen LogP contribution >= 0.6 is 34.8 Å². The number of nitriles is 1. The lowest BCUT2D eigenvalue weighted by atomic mass is 9.94. The zero-order valence-corrected chi connectivity index (χ0v) is 26.8. The van der Waals surface area contributed by atoms with Gasteiger partial charge in [-0.05, 0) is 42.8 Å². The molecule has 2 aromatic heterocycles. The Bertz CT molecular complexity index is 1910. The number of rotatable bonds is 5. The molecule has 0 saturated carbocycles. The third-order valence-electron chi connectivity index (χ3n) is 8.02. The number of allylic oxidation sites excluding steroid dienone is 2. The number of piperazine rings is 1. The van der Waals surface area contributed by atoms with E-state index in [9.17, 15) is 19.2 Å². The number of hydrogen-bond acceptors (Lipinski definition) is 7. The van der Waals surface area contributed by atoms with Crippen LogP contribution in [0.2, 0.25) is 15.1 Å². The molecule has 0 bridgehead atoms. The third kappa shape index (κ3) is 5.31. The molecule has 45 heavy (non-hydrogen) atoms. The zero-order valence-electron chi connectivity index (χ0n) is 24.5. The van der Waals surface area contributed by atoms with E-state index in [1.54, 1.807) is 17.2 Å². The van der Waals surface area contributed by atoms with Gasteiger partial charge in [-0.15, -0.1) is 0 Å². The number of carbonyl (C=O) groups excluding carboxylic acids is 1. The third-order valence-corrected chi connectivity index (χ3v) is 9.07. The maximum Gasteiger partial charge on any atom is 0.276 e. The molecule has 1 saturated heterocycles. The highest BCUT2D eigenvalue weighted by Crippen LogP contribution is 2.44. The number of halogens is 5. The van der Waals surface area contributed by atoms with Crippen LogP contribution in [0.15, 0.2) is 41.4 Å². The average molecular weight is 675 g/mol. The number of nitrogen functional groups attached to an aromatic ring is 1. The Kier molecular flexibility index (Phi) is 8.86. The summed E-state index contributed by atoms with van der Waals surface area (Å²) in [5, 5.41) is 12.7. The second-order valence-electron chi connectivity index (χ2n) is 11.0. The Morgan fingerprint density at radius 2 is 1.87 bits per heavy atom. The first kappa shape index (κ1) is 32.3. The topological polar surface area (TPSA) is 120 Å². The van der Waals surface area contributed by atoms with Gasteiger partial charge in [0.1, 0.15) is 22.3 Å². The molecule has 234 valence electrons. The average Bonchev–Trinajstić information content (AvgIpc) is 3.02. The number of aromatic nitrogens is 2. The summed E-state index contributed by atoms with van der Waals surface area (Å²) < 4.78 is 31.6. The van der Waals surface area contributed by atoms with Crippen molar-refractivity contribution in [2.24, 2.45) is 5.92 Å². The van der Waals surface area contributed by atoms with E-state index < -0.39 is 38.5 Å². The van der Waals surface area contributed by atoms with Crippen LogP contribution in [0.25, 0.3) is 28.0 Å². The van der Waals surface area contributed by atoms with Crippen molar-refractivity contribution >= 4 is 68.8 Å². The van der Waals surface area contributed by atoms with Gasteiger partial charge in [0.05, 0.1) is 44.4 Å². The maximum atomic E-state index is 15.5. The molecule has 5 rings (SSSR count). The van der Waals surface area contributed by atoms with Crippen molar-refractivity contribution in [1.82, 2.24) is 19.8 Å². The Morgan fingerprint density at radius 1 is 1.20 bits per heavy atom. The van der Waals surface area contributed by atoms with Gasteiger partial charge in [-0.1, -0.05) is 55.2 Å². The van der Waals surface area contributed by atoms with Crippen molar-refractivity contribution in [3.8, 4) is 17.3 Å². The van der Waals surface area contributed by atoms with Crippen molar-refractivity contribution in [2.75, 3.05) is 36.8 Å². The maximum absolute atomic E-state index is 15.5. The summed E-state index contributed by atoms with van der Waals surface area (Å²) >= 11 is 19.0. The highest BCUT2D eigenvalue weighted by atomic mass is 35.5. The first-order valence-corrected chi connectivity index (χ1v) is 15.1. The predicted molar refractivity (Wildman–Crippen MR) is 174 cm³/mol. The smallest absolute Gasteiger partial charge is 0.276 e. The number of nitrogens with two attached hydrogens (primary N) is 1. The minimum Gasteiger partial charge on any atom is -0.396 e. The monoisotopic (exact) mass is 673 g/mol.